The van der Waals surface area contributed by atoms with Gasteiger partial charge in [0, 0.05) is 44.4 Å². The second kappa shape index (κ2) is 7.69. The highest BCUT2D eigenvalue weighted by Gasteiger charge is 2.27. The smallest absolute Gasteiger partial charge is 0.246 e. The zero-order chi connectivity index (χ0) is 17.8. The summed E-state index contributed by atoms with van der Waals surface area (Å²) in [7, 11) is 3.58. The van der Waals surface area contributed by atoms with Crippen LogP contribution in [-0.4, -0.2) is 53.2 Å². The fourth-order valence-electron chi connectivity index (χ4n) is 2.79. The number of aryl methyl sites for hydroxylation is 1. The molecule has 1 aliphatic heterocycles. The van der Waals surface area contributed by atoms with E-state index in [4.69, 9.17) is 0 Å². The molecule has 1 aliphatic rings. The highest BCUT2D eigenvalue weighted by Crippen LogP contribution is 2.16. The van der Waals surface area contributed by atoms with Gasteiger partial charge in [0.15, 0.2) is 5.96 Å². The first-order valence-corrected chi connectivity index (χ1v) is 8.85. The summed E-state index contributed by atoms with van der Waals surface area (Å²) in [6.07, 6.45) is 3.57. The van der Waals surface area contributed by atoms with Gasteiger partial charge in [0.1, 0.15) is 6.54 Å². The van der Waals surface area contributed by atoms with Crippen LogP contribution in [0.15, 0.2) is 46.1 Å². The van der Waals surface area contributed by atoms with Gasteiger partial charge < -0.3 is 15.1 Å². The van der Waals surface area contributed by atoms with Gasteiger partial charge in [0.2, 0.25) is 5.91 Å². The number of guanidine groups is 1. The lowest BCUT2D eigenvalue weighted by Gasteiger charge is -2.35. The van der Waals surface area contributed by atoms with Crippen LogP contribution < -0.4 is 10.2 Å². The van der Waals surface area contributed by atoms with Crippen molar-refractivity contribution in [2.24, 2.45) is 12.0 Å². The third-order valence-corrected chi connectivity index (χ3v) is 4.63. The van der Waals surface area contributed by atoms with E-state index in [9.17, 15) is 4.79 Å². The molecule has 0 aliphatic carbocycles. The molecule has 0 spiro atoms. The van der Waals surface area contributed by atoms with Crippen molar-refractivity contribution in [2.75, 3.05) is 31.6 Å². The molecule has 25 heavy (non-hydrogen) atoms. The molecule has 1 aromatic carbocycles. The summed E-state index contributed by atoms with van der Waals surface area (Å²) < 4.78 is 2.76. The number of nitrogens with one attached hydrogen (secondary N) is 1. The van der Waals surface area contributed by atoms with Crippen molar-refractivity contribution in [3.8, 4) is 0 Å². The number of carbonyl (C=O) groups excluding carboxylic acids is 1. The van der Waals surface area contributed by atoms with Crippen LogP contribution >= 0.6 is 15.9 Å². The second-order valence-corrected chi connectivity index (χ2v) is 6.78. The van der Waals surface area contributed by atoms with Crippen molar-refractivity contribution in [1.29, 1.82) is 0 Å². The molecule has 0 saturated carbocycles. The molecule has 132 valence electrons. The van der Waals surface area contributed by atoms with Crippen molar-refractivity contribution in [3.63, 3.8) is 0 Å². The topological polar surface area (TPSA) is 65.8 Å². The average Bonchev–Trinajstić information content (AvgIpc) is 3.03. The molecule has 0 atom stereocenters. The summed E-state index contributed by atoms with van der Waals surface area (Å²) in [6.45, 7) is 2.30. The van der Waals surface area contributed by atoms with Gasteiger partial charge in [0.25, 0.3) is 0 Å². The Kier molecular flexibility index (Phi) is 5.37. The minimum absolute atomic E-state index is 0.0471. The molecule has 0 unspecified atom stereocenters. The molecule has 0 bridgehead atoms. The maximum atomic E-state index is 12.5. The number of hydrogen-bond donors (Lipinski definition) is 1. The van der Waals surface area contributed by atoms with E-state index >= 15 is 0 Å². The summed E-state index contributed by atoms with van der Waals surface area (Å²) in [5.74, 6) is 0.785. The normalized spacial score (nSPS) is 15.6. The number of rotatable bonds is 3. The Hall–Kier alpha value is -2.35. The fourth-order valence-corrected chi connectivity index (χ4v) is 3.05. The van der Waals surface area contributed by atoms with Crippen molar-refractivity contribution in [3.05, 3.63) is 46.7 Å². The Labute approximate surface area is 155 Å². The Morgan fingerprint density at radius 2 is 2.08 bits per heavy atom. The van der Waals surface area contributed by atoms with Crippen LogP contribution in [0.5, 0.6) is 0 Å². The average molecular weight is 405 g/mol. The van der Waals surface area contributed by atoms with Crippen LogP contribution in [0.2, 0.25) is 0 Å². The number of halogens is 1. The first kappa shape index (κ1) is 17.5. The first-order valence-electron chi connectivity index (χ1n) is 8.06. The van der Waals surface area contributed by atoms with Gasteiger partial charge in [-0.3, -0.25) is 14.5 Å². The van der Waals surface area contributed by atoms with E-state index in [0.29, 0.717) is 19.6 Å². The largest absolute Gasteiger partial charge is 0.352 e. The minimum atomic E-state index is 0.0471. The zero-order valence-electron chi connectivity index (χ0n) is 14.3. The monoisotopic (exact) mass is 404 g/mol. The fraction of sp³-hybridized carbons (Fsp3) is 0.353. The van der Waals surface area contributed by atoms with Crippen LogP contribution in [0.3, 0.4) is 0 Å². The minimum Gasteiger partial charge on any atom is -0.352 e. The summed E-state index contributed by atoms with van der Waals surface area (Å²) in [4.78, 5) is 20.6. The number of hydrogen-bond acceptors (Lipinski definition) is 3. The highest BCUT2D eigenvalue weighted by molar-refractivity contribution is 9.10. The molecule has 1 saturated heterocycles. The SMILES string of the molecule is CN=C(NCc1ccc(Br)cc1)N1CCN(c2cnn(C)c2)C(=O)C1. The van der Waals surface area contributed by atoms with Gasteiger partial charge in [-0.05, 0) is 17.7 Å². The number of piperazine rings is 1. The van der Waals surface area contributed by atoms with E-state index in [1.807, 2.05) is 30.3 Å². The summed E-state index contributed by atoms with van der Waals surface area (Å²) in [5, 5.41) is 7.46. The Balaban J connectivity index is 1.59. The molecule has 2 aromatic rings. The van der Waals surface area contributed by atoms with E-state index in [-0.39, 0.29) is 5.91 Å². The molecule has 0 radical (unpaired) electrons. The number of aliphatic imine (C=N–C) groups is 1. The van der Waals surface area contributed by atoms with Gasteiger partial charge in [-0.1, -0.05) is 28.1 Å². The zero-order valence-corrected chi connectivity index (χ0v) is 15.9. The lowest BCUT2D eigenvalue weighted by atomic mass is 10.2. The Bertz CT molecular complexity index is 770. The summed E-state index contributed by atoms with van der Waals surface area (Å²) >= 11 is 3.43. The standard InChI is InChI=1S/C17H21BrN6O/c1-19-17(20-9-13-3-5-14(18)6-4-13)23-7-8-24(16(25)12-23)15-10-21-22(2)11-15/h3-6,10-11H,7-9,12H2,1-2H3,(H,19,20). The van der Waals surface area contributed by atoms with Crippen LogP contribution in [0.25, 0.3) is 0 Å². The Morgan fingerprint density at radius 1 is 1.32 bits per heavy atom. The van der Waals surface area contributed by atoms with Crippen molar-refractivity contribution >= 4 is 33.5 Å². The van der Waals surface area contributed by atoms with Crippen LogP contribution in [0.4, 0.5) is 5.69 Å². The number of carbonyl (C=O) groups is 1. The van der Waals surface area contributed by atoms with Crippen molar-refractivity contribution < 1.29 is 4.79 Å². The number of nitrogens with zero attached hydrogens (tertiary/aromatic N) is 5. The third kappa shape index (κ3) is 4.19. The lowest BCUT2D eigenvalue weighted by molar-refractivity contribution is -0.120. The van der Waals surface area contributed by atoms with E-state index in [1.54, 1.807) is 22.8 Å². The molecule has 7 nitrogen and oxygen atoms in total. The number of benzene rings is 1. The quantitative estimate of drug-likeness (QED) is 0.623. The molecule has 1 N–H and O–H groups in total. The predicted molar refractivity (Wildman–Crippen MR) is 101 cm³/mol. The third-order valence-electron chi connectivity index (χ3n) is 4.10. The molecule has 2 heterocycles. The molecule has 1 amide bonds. The maximum absolute atomic E-state index is 12.5. The van der Waals surface area contributed by atoms with E-state index < -0.39 is 0 Å². The maximum Gasteiger partial charge on any atom is 0.246 e. The van der Waals surface area contributed by atoms with E-state index in [0.717, 1.165) is 28.2 Å². The van der Waals surface area contributed by atoms with Crippen molar-refractivity contribution in [2.45, 2.75) is 6.54 Å². The van der Waals surface area contributed by atoms with Crippen LogP contribution in [0, 0.1) is 0 Å². The molecule has 1 aromatic heterocycles. The Morgan fingerprint density at radius 3 is 2.68 bits per heavy atom. The van der Waals surface area contributed by atoms with Gasteiger partial charge >= 0.3 is 0 Å². The van der Waals surface area contributed by atoms with Crippen LogP contribution in [-0.2, 0) is 18.4 Å². The van der Waals surface area contributed by atoms with Gasteiger partial charge in [-0.15, -0.1) is 0 Å². The molecule has 1 fully saturated rings. The predicted octanol–water partition coefficient (Wildman–Crippen LogP) is 1.61. The van der Waals surface area contributed by atoms with Crippen LogP contribution in [0.1, 0.15) is 5.56 Å². The number of aromatic nitrogens is 2. The molecular formula is C17H21BrN6O. The molecular weight excluding hydrogens is 384 g/mol. The highest BCUT2D eigenvalue weighted by atomic mass is 79.9. The van der Waals surface area contributed by atoms with Gasteiger partial charge in [-0.2, -0.15) is 5.10 Å². The lowest BCUT2D eigenvalue weighted by Crippen LogP contribution is -2.55. The second-order valence-electron chi connectivity index (χ2n) is 5.87. The van der Waals surface area contributed by atoms with E-state index in [2.05, 4.69) is 43.5 Å². The van der Waals surface area contributed by atoms with Crippen molar-refractivity contribution in [1.82, 2.24) is 20.0 Å². The summed E-state index contributed by atoms with van der Waals surface area (Å²) in [6, 6.07) is 8.12. The molecule has 3 rings (SSSR count). The number of anilines is 1. The summed E-state index contributed by atoms with van der Waals surface area (Å²) in [5.41, 5.74) is 2.00. The van der Waals surface area contributed by atoms with E-state index in [1.165, 1.54) is 0 Å². The number of amides is 1. The first-order chi connectivity index (χ1) is 12.1. The van der Waals surface area contributed by atoms with Gasteiger partial charge in [-0.25, -0.2) is 0 Å². The molecule has 8 heteroatoms. The van der Waals surface area contributed by atoms with Gasteiger partial charge in [0.05, 0.1) is 11.9 Å².